The minimum absolute atomic E-state index is 0.0819. The zero-order valence-electron chi connectivity index (χ0n) is 11.9. The molecule has 0 spiro atoms. The second-order valence-corrected chi connectivity index (χ2v) is 6.23. The number of ketones is 1. The van der Waals surface area contributed by atoms with Gasteiger partial charge in [0, 0.05) is 25.9 Å². The molecule has 1 aliphatic heterocycles. The Morgan fingerprint density at radius 2 is 2.10 bits per heavy atom. The van der Waals surface area contributed by atoms with Gasteiger partial charge in [0.15, 0.2) is 5.78 Å². The van der Waals surface area contributed by atoms with Gasteiger partial charge in [0.05, 0.1) is 4.88 Å². The number of Topliss-reactive ketones (excluding diaryl/α,β-unsaturated/α-hetero) is 1. The molecule has 4 nitrogen and oxygen atoms in total. The average Bonchev–Trinajstić information content (AvgIpc) is 3.00. The van der Waals surface area contributed by atoms with Crippen molar-refractivity contribution >= 4 is 23.0 Å². The van der Waals surface area contributed by atoms with Gasteiger partial charge in [-0.15, -0.1) is 11.3 Å². The predicted molar refractivity (Wildman–Crippen MR) is 81.1 cm³/mol. The first-order chi connectivity index (χ1) is 9.70. The minimum Gasteiger partial charge on any atom is -0.343 e. The summed E-state index contributed by atoms with van der Waals surface area (Å²) in [6, 6.07) is 3.69. The molecular formula is C15H22N2O2S. The van der Waals surface area contributed by atoms with E-state index < -0.39 is 0 Å². The quantitative estimate of drug-likeness (QED) is 0.818. The number of carbonyl (C=O) groups excluding carboxylic acids is 2. The zero-order chi connectivity index (χ0) is 14.4. The summed E-state index contributed by atoms with van der Waals surface area (Å²) in [5.41, 5.74) is 0. The number of nitrogens with zero attached hydrogens (tertiary/aromatic N) is 1. The number of carbonyl (C=O) groups is 2. The first kappa shape index (κ1) is 15.2. The predicted octanol–water partition coefficient (Wildman–Crippen LogP) is 2.17. The fourth-order valence-electron chi connectivity index (χ4n) is 2.61. The monoisotopic (exact) mass is 294 g/mol. The Hall–Kier alpha value is -1.20. The fourth-order valence-corrected chi connectivity index (χ4v) is 3.31. The number of hydrogen-bond donors (Lipinski definition) is 1. The molecule has 0 aromatic carbocycles. The van der Waals surface area contributed by atoms with Crippen LogP contribution in [-0.4, -0.2) is 43.3 Å². The molecule has 1 aromatic rings. The van der Waals surface area contributed by atoms with Gasteiger partial charge < -0.3 is 10.2 Å². The first-order valence-electron chi connectivity index (χ1n) is 7.19. The maximum Gasteiger partial charge on any atom is 0.223 e. The van der Waals surface area contributed by atoms with Gasteiger partial charge in [-0.2, -0.15) is 0 Å². The second-order valence-electron chi connectivity index (χ2n) is 5.28. The summed E-state index contributed by atoms with van der Waals surface area (Å²) in [4.78, 5) is 26.6. The molecule has 1 N–H and O–H groups in total. The topological polar surface area (TPSA) is 49.4 Å². The van der Waals surface area contributed by atoms with Crippen LogP contribution >= 0.6 is 11.3 Å². The van der Waals surface area contributed by atoms with Crippen LogP contribution in [0.2, 0.25) is 0 Å². The molecule has 5 heteroatoms. The minimum atomic E-state index is 0.0819. The van der Waals surface area contributed by atoms with Crippen molar-refractivity contribution in [2.75, 3.05) is 26.7 Å². The Kier molecular flexibility index (Phi) is 5.73. The highest BCUT2D eigenvalue weighted by atomic mass is 32.1. The van der Waals surface area contributed by atoms with E-state index in [2.05, 4.69) is 5.32 Å². The van der Waals surface area contributed by atoms with E-state index in [1.807, 2.05) is 29.5 Å². The van der Waals surface area contributed by atoms with E-state index in [0.29, 0.717) is 18.8 Å². The third-order valence-corrected chi connectivity index (χ3v) is 4.73. The smallest absolute Gasteiger partial charge is 0.223 e. The van der Waals surface area contributed by atoms with Crippen molar-refractivity contribution in [1.29, 1.82) is 0 Å². The number of nitrogens with one attached hydrogen (secondary N) is 1. The summed E-state index contributed by atoms with van der Waals surface area (Å²) in [5, 5.41) is 5.08. The lowest BCUT2D eigenvalue weighted by Gasteiger charge is -2.32. The molecule has 1 aromatic heterocycles. The van der Waals surface area contributed by atoms with Crippen LogP contribution in [0.3, 0.4) is 0 Å². The summed E-state index contributed by atoms with van der Waals surface area (Å²) < 4.78 is 0. The van der Waals surface area contributed by atoms with Gasteiger partial charge in [-0.3, -0.25) is 9.59 Å². The summed E-state index contributed by atoms with van der Waals surface area (Å²) in [6.45, 7) is 2.69. The lowest BCUT2D eigenvalue weighted by Crippen LogP contribution is -2.40. The molecule has 0 saturated carbocycles. The van der Waals surface area contributed by atoms with Crippen molar-refractivity contribution in [3.63, 3.8) is 0 Å². The molecule has 0 unspecified atom stereocenters. The van der Waals surface area contributed by atoms with Crippen LogP contribution in [-0.2, 0) is 4.79 Å². The molecule has 0 radical (unpaired) electrons. The highest BCUT2D eigenvalue weighted by Gasteiger charge is 2.22. The van der Waals surface area contributed by atoms with Gasteiger partial charge in [-0.05, 0) is 43.8 Å². The highest BCUT2D eigenvalue weighted by Crippen LogP contribution is 2.18. The molecule has 1 aliphatic rings. The van der Waals surface area contributed by atoms with Crippen LogP contribution in [0.1, 0.15) is 35.4 Å². The third-order valence-electron chi connectivity index (χ3n) is 3.82. The molecule has 20 heavy (non-hydrogen) atoms. The molecule has 2 rings (SSSR count). The van der Waals surface area contributed by atoms with E-state index in [1.54, 1.807) is 0 Å². The van der Waals surface area contributed by atoms with Crippen LogP contribution < -0.4 is 5.32 Å². The number of piperidine rings is 1. The van der Waals surface area contributed by atoms with E-state index in [9.17, 15) is 9.59 Å². The van der Waals surface area contributed by atoms with E-state index in [1.165, 1.54) is 11.3 Å². The second kappa shape index (κ2) is 7.55. The van der Waals surface area contributed by atoms with E-state index in [4.69, 9.17) is 0 Å². The Balaban J connectivity index is 1.72. The van der Waals surface area contributed by atoms with Crippen molar-refractivity contribution in [3.05, 3.63) is 22.4 Å². The van der Waals surface area contributed by atoms with Crippen LogP contribution in [0.25, 0.3) is 0 Å². The Morgan fingerprint density at radius 3 is 2.70 bits per heavy atom. The van der Waals surface area contributed by atoms with Crippen LogP contribution in [0.15, 0.2) is 17.5 Å². The molecule has 0 aliphatic carbocycles. The normalized spacial score (nSPS) is 16.4. The molecule has 0 bridgehead atoms. The van der Waals surface area contributed by atoms with E-state index in [0.717, 1.165) is 37.4 Å². The molecular weight excluding hydrogens is 272 g/mol. The molecule has 1 saturated heterocycles. The zero-order valence-corrected chi connectivity index (χ0v) is 12.7. The van der Waals surface area contributed by atoms with Gasteiger partial charge in [-0.25, -0.2) is 0 Å². The highest BCUT2D eigenvalue weighted by molar-refractivity contribution is 7.12. The van der Waals surface area contributed by atoms with Crippen molar-refractivity contribution in [2.45, 2.75) is 25.7 Å². The Labute approximate surface area is 124 Å². The molecule has 2 heterocycles. The summed E-state index contributed by atoms with van der Waals surface area (Å²) >= 11 is 1.44. The van der Waals surface area contributed by atoms with Gasteiger partial charge in [0.2, 0.25) is 5.91 Å². The number of amides is 1. The SMILES string of the molecule is CNCC1CCN(C(=O)CCC(=O)c2cccs2)CC1. The molecule has 0 atom stereocenters. The lowest BCUT2D eigenvalue weighted by atomic mass is 9.96. The summed E-state index contributed by atoms with van der Waals surface area (Å²) in [5.74, 6) is 0.882. The van der Waals surface area contributed by atoms with Crippen molar-refractivity contribution in [3.8, 4) is 0 Å². The van der Waals surface area contributed by atoms with Gasteiger partial charge in [-0.1, -0.05) is 6.07 Å². The number of likely N-dealkylation sites (tertiary alicyclic amines) is 1. The van der Waals surface area contributed by atoms with Crippen LogP contribution in [0.4, 0.5) is 0 Å². The van der Waals surface area contributed by atoms with Gasteiger partial charge in [0.25, 0.3) is 0 Å². The Bertz CT molecular complexity index is 437. The molecule has 1 fully saturated rings. The maximum absolute atomic E-state index is 12.1. The fraction of sp³-hybridized carbons (Fsp3) is 0.600. The van der Waals surface area contributed by atoms with Crippen molar-refractivity contribution in [2.24, 2.45) is 5.92 Å². The lowest BCUT2D eigenvalue weighted by molar-refractivity contribution is -0.132. The Morgan fingerprint density at radius 1 is 1.35 bits per heavy atom. The van der Waals surface area contributed by atoms with Gasteiger partial charge >= 0.3 is 0 Å². The van der Waals surface area contributed by atoms with Crippen molar-refractivity contribution in [1.82, 2.24) is 10.2 Å². The third kappa shape index (κ3) is 4.15. The number of hydrogen-bond acceptors (Lipinski definition) is 4. The maximum atomic E-state index is 12.1. The van der Waals surface area contributed by atoms with Crippen LogP contribution in [0, 0.1) is 5.92 Å². The molecule has 110 valence electrons. The largest absolute Gasteiger partial charge is 0.343 e. The molecule has 1 amide bonds. The summed E-state index contributed by atoms with van der Waals surface area (Å²) in [6.07, 6.45) is 2.79. The average molecular weight is 294 g/mol. The van der Waals surface area contributed by atoms with E-state index >= 15 is 0 Å². The standard InChI is InChI=1S/C15H22N2O2S/c1-16-11-12-6-8-17(9-7-12)15(19)5-4-13(18)14-3-2-10-20-14/h2-3,10,12,16H,4-9,11H2,1H3. The summed E-state index contributed by atoms with van der Waals surface area (Å²) in [7, 11) is 1.97. The van der Waals surface area contributed by atoms with Crippen LogP contribution in [0.5, 0.6) is 0 Å². The van der Waals surface area contributed by atoms with Gasteiger partial charge in [0.1, 0.15) is 0 Å². The number of thiophene rings is 1. The van der Waals surface area contributed by atoms with Crippen molar-refractivity contribution < 1.29 is 9.59 Å². The first-order valence-corrected chi connectivity index (χ1v) is 8.07. The van der Waals surface area contributed by atoms with E-state index in [-0.39, 0.29) is 11.7 Å². The number of rotatable bonds is 6.